The van der Waals surface area contributed by atoms with Gasteiger partial charge in [-0.2, -0.15) is 0 Å². The van der Waals surface area contributed by atoms with Crippen LogP contribution >= 0.6 is 0 Å². The lowest BCUT2D eigenvalue weighted by molar-refractivity contribution is 0.0919. The van der Waals surface area contributed by atoms with Gasteiger partial charge in [-0.3, -0.25) is 4.79 Å². The minimum Gasteiger partial charge on any atom is -0.347 e. The zero-order chi connectivity index (χ0) is 15.7. The van der Waals surface area contributed by atoms with E-state index < -0.39 is 0 Å². The lowest BCUT2D eigenvalue weighted by Crippen LogP contribution is -2.40. The second kappa shape index (κ2) is 5.30. The van der Waals surface area contributed by atoms with Gasteiger partial charge < -0.3 is 9.72 Å². The molecule has 0 aliphatic rings. The van der Waals surface area contributed by atoms with Crippen LogP contribution in [0.5, 0.6) is 0 Å². The Bertz CT molecular complexity index is 827. The molecule has 1 amide bonds. The number of hydrogen-bond acceptors (Lipinski definition) is 2. The number of nitrogens with one attached hydrogen (secondary N) is 1. The summed E-state index contributed by atoms with van der Waals surface area (Å²) in [7, 11) is 0. The highest BCUT2D eigenvalue weighted by atomic mass is 16.1. The van der Waals surface area contributed by atoms with Gasteiger partial charge >= 0.3 is 0 Å². The molecule has 0 bridgehead atoms. The summed E-state index contributed by atoms with van der Waals surface area (Å²) in [4.78, 5) is 16.5. The Morgan fingerprint density at radius 1 is 1.18 bits per heavy atom. The number of pyridine rings is 1. The van der Waals surface area contributed by atoms with Crippen LogP contribution in [0.25, 0.3) is 16.6 Å². The molecule has 3 rings (SSSR count). The molecule has 4 nitrogen and oxygen atoms in total. The summed E-state index contributed by atoms with van der Waals surface area (Å²) in [6.45, 7) is 5.92. The highest BCUT2D eigenvalue weighted by molar-refractivity contribution is 5.96. The largest absolute Gasteiger partial charge is 0.347 e. The third-order valence-electron chi connectivity index (χ3n) is 3.38. The summed E-state index contributed by atoms with van der Waals surface area (Å²) in [6.07, 6.45) is 5.56. The normalized spacial score (nSPS) is 11.6. The molecule has 0 radical (unpaired) electrons. The lowest BCUT2D eigenvalue weighted by atomic mass is 10.0. The Labute approximate surface area is 129 Å². The molecule has 1 aromatic carbocycles. The second-order valence-corrected chi connectivity index (χ2v) is 6.39. The van der Waals surface area contributed by atoms with Crippen molar-refractivity contribution in [1.82, 2.24) is 14.7 Å². The number of rotatable bonds is 2. The highest BCUT2D eigenvalue weighted by Gasteiger charge is 2.16. The van der Waals surface area contributed by atoms with Crippen molar-refractivity contribution < 1.29 is 4.79 Å². The third-order valence-corrected chi connectivity index (χ3v) is 3.38. The van der Waals surface area contributed by atoms with Crippen LogP contribution in [0.15, 0.2) is 55.1 Å². The van der Waals surface area contributed by atoms with Crippen molar-refractivity contribution in [3.05, 3.63) is 60.7 Å². The molecule has 0 aliphatic heterocycles. The number of amides is 1. The fourth-order valence-corrected chi connectivity index (χ4v) is 2.43. The van der Waals surface area contributed by atoms with Crippen molar-refractivity contribution in [3.8, 4) is 11.1 Å². The van der Waals surface area contributed by atoms with Crippen molar-refractivity contribution in [2.75, 3.05) is 0 Å². The quantitative estimate of drug-likeness (QED) is 0.785. The molecule has 4 heteroatoms. The van der Waals surface area contributed by atoms with E-state index in [0.29, 0.717) is 5.56 Å². The molecule has 2 aromatic heterocycles. The van der Waals surface area contributed by atoms with Gasteiger partial charge in [0.15, 0.2) is 0 Å². The van der Waals surface area contributed by atoms with Crippen molar-refractivity contribution in [2.24, 2.45) is 0 Å². The number of aromatic nitrogens is 2. The topological polar surface area (TPSA) is 46.4 Å². The number of fused-ring (bicyclic) bond motifs is 1. The molecule has 1 N–H and O–H groups in total. The van der Waals surface area contributed by atoms with Gasteiger partial charge in [0.05, 0.1) is 18.0 Å². The first-order valence-electron chi connectivity index (χ1n) is 7.28. The maximum absolute atomic E-state index is 12.3. The van der Waals surface area contributed by atoms with Crippen LogP contribution in [0.2, 0.25) is 0 Å². The number of nitrogens with zero attached hydrogens (tertiary/aromatic N) is 2. The first-order valence-corrected chi connectivity index (χ1v) is 7.28. The molecule has 0 fully saturated rings. The van der Waals surface area contributed by atoms with Crippen LogP contribution in [-0.4, -0.2) is 20.8 Å². The zero-order valence-corrected chi connectivity index (χ0v) is 13.0. The standard InChI is InChI=1S/C18H19N3O/c1-18(2,3)20-17(22)14-7-4-6-13(10-14)15-8-5-9-21-12-19-11-16(15)21/h4-12H,1-3H3,(H,20,22). The number of carbonyl (C=O) groups is 1. The van der Waals surface area contributed by atoms with Crippen molar-refractivity contribution in [3.63, 3.8) is 0 Å². The molecule has 112 valence electrons. The van der Waals surface area contributed by atoms with Gasteiger partial charge in [-0.15, -0.1) is 0 Å². The first-order chi connectivity index (χ1) is 10.4. The fourth-order valence-electron chi connectivity index (χ4n) is 2.43. The van der Waals surface area contributed by atoms with Crippen LogP contribution in [0.1, 0.15) is 31.1 Å². The maximum atomic E-state index is 12.3. The van der Waals surface area contributed by atoms with Crippen LogP contribution in [-0.2, 0) is 0 Å². The minimum atomic E-state index is -0.251. The fraction of sp³-hybridized carbons (Fsp3) is 0.222. The predicted octanol–water partition coefficient (Wildman–Crippen LogP) is 3.53. The molecular formula is C18H19N3O. The average Bonchev–Trinajstić information content (AvgIpc) is 2.94. The minimum absolute atomic E-state index is 0.0604. The molecular weight excluding hydrogens is 274 g/mol. The molecule has 3 aromatic rings. The second-order valence-electron chi connectivity index (χ2n) is 6.39. The lowest BCUT2D eigenvalue weighted by Gasteiger charge is -2.20. The number of carbonyl (C=O) groups excluding carboxylic acids is 1. The van der Waals surface area contributed by atoms with E-state index >= 15 is 0 Å². The molecule has 0 atom stereocenters. The summed E-state index contributed by atoms with van der Waals surface area (Å²) in [5.41, 5.74) is 3.50. The number of hydrogen-bond donors (Lipinski definition) is 1. The van der Waals surface area contributed by atoms with E-state index in [1.54, 1.807) is 6.33 Å². The van der Waals surface area contributed by atoms with Gasteiger partial charge in [0.25, 0.3) is 5.91 Å². The summed E-state index contributed by atoms with van der Waals surface area (Å²) in [5.74, 6) is -0.0604. The Kier molecular flexibility index (Phi) is 3.45. The Morgan fingerprint density at radius 3 is 2.77 bits per heavy atom. The van der Waals surface area contributed by atoms with Gasteiger partial charge in [-0.05, 0) is 44.5 Å². The SMILES string of the molecule is CC(C)(C)NC(=O)c1cccc(-c2cccn3cncc23)c1. The zero-order valence-electron chi connectivity index (χ0n) is 13.0. The van der Waals surface area contributed by atoms with Gasteiger partial charge in [-0.25, -0.2) is 4.98 Å². The van der Waals surface area contributed by atoms with Gasteiger partial charge in [0, 0.05) is 22.9 Å². The molecule has 0 saturated carbocycles. The van der Waals surface area contributed by atoms with Crippen LogP contribution in [0.3, 0.4) is 0 Å². The summed E-state index contributed by atoms with van der Waals surface area (Å²) >= 11 is 0. The number of imidazole rings is 1. The number of benzene rings is 1. The molecule has 22 heavy (non-hydrogen) atoms. The van der Waals surface area contributed by atoms with E-state index in [1.165, 1.54) is 0 Å². The summed E-state index contributed by atoms with van der Waals surface area (Å²) in [5, 5.41) is 2.99. The van der Waals surface area contributed by atoms with E-state index in [1.807, 2.05) is 74.0 Å². The Morgan fingerprint density at radius 2 is 2.00 bits per heavy atom. The van der Waals surface area contributed by atoms with E-state index in [0.717, 1.165) is 16.6 Å². The van der Waals surface area contributed by atoms with Crippen LogP contribution in [0.4, 0.5) is 0 Å². The van der Waals surface area contributed by atoms with Crippen LogP contribution in [0, 0.1) is 0 Å². The molecule has 2 heterocycles. The Balaban J connectivity index is 2.01. The predicted molar refractivity (Wildman–Crippen MR) is 87.8 cm³/mol. The van der Waals surface area contributed by atoms with E-state index in [2.05, 4.69) is 10.3 Å². The smallest absolute Gasteiger partial charge is 0.251 e. The van der Waals surface area contributed by atoms with Crippen molar-refractivity contribution in [2.45, 2.75) is 26.3 Å². The van der Waals surface area contributed by atoms with E-state index in [9.17, 15) is 4.79 Å². The third kappa shape index (κ3) is 2.86. The summed E-state index contributed by atoms with van der Waals surface area (Å²) < 4.78 is 1.97. The first kappa shape index (κ1) is 14.3. The molecule has 0 saturated heterocycles. The monoisotopic (exact) mass is 293 g/mol. The van der Waals surface area contributed by atoms with Crippen molar-refractivity contribution >= 4 is 11.4 Å². The van der Waals surface area contributed by atoms with Gasteiger partial charge in [0.2, 0.25) is 0 Å². The van der Waals surface area contributed by atoms with E-state index in [4.69, 9.17) is 0 Å². The van der Waals surface area contributed by atoms with Gasteiger partial charge in [0.1, 0.15) is 0 Å². The molecule has 0 spiro atoms. The van der Waals surface area contributed by atoms with Gasteiger partial charge in [-0.1, -0.05) is 18.2 Å². The highest BCUT2D eigenvalue weighted by Crippen LogP contribution is 2.25. The average molecular weight is 293 g/mol. The summed E-state index contributed by atoms with van der Waals surface area (Å²) in [6, 6.07) is 11.7. The van der Waals surface area contributed by atoms with Crippen molar-refractivity contribution in [1.29, 1.82) is 0 Å². The molecule has 0 aliphatic carbocycles. The maximum Gasteiger partial charge on any atom is 0.251 e. The Hall–Kier alpha value is -2.62. The molecule has 0 unspecified atom stereocenters. The van der Waals surface area contributed by atoms with E-state index in [-0.39, 0.29) is 11.4 Å². The van der Waals surface area contributed by atoms with Crippen LogP contribution < -0.4 is 5.32 Å².